The van der Waals surface area contributed by atoms with E-state index in [2.05, 4.69) is 10.3 Å². The molecule has 1 N–H and O–H groups in total. The standard InChI is InChI=1S/C13H9N3O3/c17-13-9-4-1-3-8(10(9)7-15-13)12-11(16(18)19)5-2-6-14-12/h1-6H,7H2,(H,15,17). The predicted molar refractivity (Wildman–Crippen MR) is 67.5 cm³/mol. The lowest BCUT2D eigenvalue weighted by Crippen LogP contribution is -2.12. The highest BCUT2D eigenvalue weighted by Crippen LogP contribution is 2.33. The number of rotatable bonds is 2. The van der Waals surface area contributed by atoms with E-state index in [0.29, 0.717) is 23.4 Å². The van der Waals surface area contributed by atoms with Crippen molar-refractivity contribution in [3.05, 3.63) is 57.8 Å². The Bertz CT molecular complexity index is 697. The van der Waals surface area contributed by atoms with Gasteiger partial charge in [0.25, 0.3) is 11.6 Å². The van der Waals surface area contributed by atoms with Gasteiger partial charge in [0.15, 0.2) is 0 Å². The fourth-order valence-electron chi connectivity index (χ4n) is 2.23. The van der Waals surface area contributed by atoms with E-state index in [1.807, 2.05) is 0 Å². The first-order chi connectivity index (χ1) is 9.18. The van der Waals surface area contributed by atoms with Gasteiger partial charge in [0, 0.05) is 29.9 Å². The topological polar surface area (TPSA) is 85.1 Å². The summed E-state index contributed by atoms with van der Waals surface area (Å²) in [5, 5.41) is 13.7. The van der Waals surface area contributed by atoms with Gasteiger partial charge in [-0.15, -0.1) is 0 Å². The maximum Gasteiger partial charge on any atom is 0.295 e. The Morgan fingerprint density at radius 1 is 1.21 bits per heavy atom. The van der Waals surface area contributed by atoms with Crippen molar-refractivity contribution >= 4 is 11.6 Å². The summed E-state index contributed by atoms with van der Waals surface area (Å²) < 4.78 is 0. The molecule has 0 aliphatic carbocycles. The number of nitrogens with zero attached hydrogens (tertiary/aromatic N) is 2. The molecule has 0 fully saturated rings. The summed E-state index contributed by atoms with van der Waals surface area (Å²) in [5.74, 6) is -0.157. The molecule has 3 rings (SSSR count). The van der Waals surface area contributed by atoms with Crippen LogP contribution in [0, 0.1) is 10.1 Å². The van der Waals surface area contributed by atoms with Gasteiger partial charge in [-0.2, -0.15) is 0 Å². The molecule has 1 aromatic heterocycles. The first-order valence-corrected chi connectivity index (χ1v) is 5.68. The summed E-state index contributed by atoms with van der Waals surface area (Å²) in [6.45, 7) is 0.373. The second-order valence-electron chi connectivity index (χ2n) is 4.14. The Kier molecular flexibility index (Phi) is 2.49. The number of hydrogen-bond acceptors (Lipinski definition) is 4. The number of carbonyl (C=O) groups is 1. The third-order valence-corrected chi connectivity index (χ3v) is 3.08. The number of nitrogens with one attached hydrogen (secondary N) is 1. The number of benzene rings is 1. The van der Waals surface area contributed by atoms with Crippen molar-refractivity contribution < 1.29 is 9.72 Å². The lowest BCUT2D eigenvalue weighted by atomic mass is 9.99. The van der Waals surface area contributed by atoms with E-state index < -0.39 is 4.92 Å². The minimum Gasteiger partial charge on any atom is -0.348 e. The Balaban J connectivity index is 2.25. The monoisotopic (exact) mass is 255 g/mol. The molecule has 1 amide bonds. The quantitative estimate of drug-likeness (QED) is 0.656. The summed E-state index contributed by atoms with van der Waals surface area (Å²) >= 11 is 0. The maximum absolute atomic E-state index is 11.6. The SMILES string of the molecule is O=C1NCc2c1cccc2-c1ncccc1[N+](=O)[O-]. The lowest BCUT2D eigenvalue weighted by molar-refractivity contribution is -0.384. The Morgan fingerprint density at radius 3 is 2.79 bits per heavy atom. The van der Waals surface area contributed by atoms with Gasteiger partial charge >= 0.3 is 0 Å². The van der Waals surface area contributed by atoms with Crippen molar-refractivity contribution in [1.82, 2.24) is 10.3 Å². The van der Waals surface area contributed by atoms with Crippen LogP contribution in [0.5, 0.6) is 0 Å². The molecule has 2 aromatic rings. The number of carbonyl (C=O) groups excluding carboxylic acids is 1. The van der Waals surface area contributed by atoms with Crippen LogP contribution in [0.2, 0.25) is 0 Å². The number of pyridine rings is 1. The molecule has 0 atom stereocenters. The Labute approximate surface area is 108 Å². The first kappa shape index (κ1) is 11.3. The van der Waals surface area contributed by atoms with E-state index >= 15 is 0 Å². The zero-order chi connectivity index (χ0) is 13.4. The fraction of sp³-hybridized carbons (Fsp3) is 0.0769. The minimum absolute atomic E-state index is 0.0600. The normalized spacial score (nSPS) is 12.9. The van der Waals surface area contributed by atoms with E-state index in [0.717, 1.165) is 5.56 Å². The molecule has 1 aliphatic rings. The van der Waals surface area contributed by atoms with E-state index in [1.54, 1.807) is 18.2 Å². The molecule has 1 aromatic carbocycles. The summed E-state index contributed by atoms with van der Waals surface area (Å²) in [7, 11) is 0. The molecule has 0 bridgehead atoms. The summed E-state index contributed by atoms with van der Waals surface area (Å²) in [4.78, 5) is 26.3. The fourth-order valence-corrected chi connectivity index (χ4v) is 2.23. The van der Waals surface area contributed by atoms with Gasteiger partial charge in [-0.25, -0.2) is 4.98 Å². The predicted octanol–water partition coefficient (Wildman–Crippen LogP) is 1.90. The van der Waals surface area contributed by atoms with Crippen LogP contribution in [-0.4, -0.2) is 15.8 Å². The highest BCUT2D eigenvalue weighted by Gasteiger charge is 2.25. The molecular weight excluding hydrogens is 246 g/mol. The van der Waals surface area contributed by atoms with Crippen molar-refractivity contribution in [2.45, 2.75) is 6.54 Å². The molecule has 19 heavy (non-hydrogen) atoms. The van der Waals surface area contributed by atoms with Gasteiger partial charge in [0.05, 0.1) is 4.92 Å². The van der Waals surface area contributed by atoms with Crippen molar-refractivity contribution in [1.29, 1.82) is 0 Å². The van der Waals surface area contributed by atoms with Crippen LogP contribution >= 0.6 is 0 Å². The second-order valence-corrected chi connectivity index (χ2v) is 4.14. The molecule has 6 nitrogen and oxygen atoms in total. The molecule has 0 saturated carbocycles. The highest BCUT2D eigenvalue weighted by atomic mass is 16.6. The third-order valence-electron chi connectivity index (χ3n) is 3.08. The van der Waals surface area contributed by atoms with Crippen molar-refractivity contribution in [3.8, 4) is 11.3 Å². The van der Waals surface area contributed by atoms with E-state index in [4.69, 9.17) is 0 Å². The van der Waals surface area contributed by atoms with Crippen molar-refractivity contribution in [3.63, 3.8) is 0 Å². The Hall–Kier alpha value is -2.76. The van der Waals surface area contributed by atoms with Crippen LogP contribution in [-0.2, 0) is 6.54 Å². The van der Waals surface area contributed by atoms with E-state index in [1.165, 1.54) is 18.3 Å². The number of hydrogen-bond donors (Lipinski definition) is 1. The zero-order valence-electron chi connectivity index (χ0n) is 9.79. The van der Waals surface area contributed by atoms with Gasteiger partial charge in [0.2, 0.25) is 0 Å². The summed E-state index contributed by atoms with van der Waals surface area (Å²) in [6.07, 6.45) is 1.51. The second kappa shape index (κ2) is 4.16. The zero-order valence-corrected chi connectivity index (χ0v) is 9.79. The number of amides is 1. The largest absolute Gasteiger partial charge is 0.348 e. The van der Waals surface area contributed by atoms with Crippen LogP contribution in [0.25, 0.3) is 11.3 Å². The summed E-state index contributed by atoms with van der Waals surface area (Å²) in [6, 6.07) is 8.09. The van der Waals surface area contributed by atoms with Crippen LogP contribution in [0.4, 0.5) is 5.69 Å². The van der Waals surface area contributed by atoms with Gasteiger partial charge in [-0.05, 0) is 17.7 Å². The smallest absolute Gasteiger partial charge is 0.295 e. The maximum atomic E-state index is 11.6. The molecule has 0 saturated heterocycles. The number of aromatic nitrogens is 1. The van der Waals surface area contributed by atoms with Gasteiger partial charge in [-0.1, -0.05) is 12.1 Å². The van der Waals surface area contributed by atoms with E-state index in [-0.39, 0.29) is 11.6 Å². The molecule has 2 heterocycles. The molecule has 6 heteroatoms. The van der Waals surface area contributed by atoms with E-state index in [9.17, 15) is 14.9 Å². The molecular formula is C13H9N3O3. The highest BCUT2D eigenvalue weighted by molar-refractivity contribution is 6.00. The van der Waals surface area contributed by atoms with Gasteiger partial charge in [-0.3, -0.25) is 14.9 Å². The molecule has 1 aliphatic heterocycles. The lowest BCUT2D eigenvalue weighted by Gasteiger charge is -2.06. The van der Waals surface area contributed by atoms with Gasteiger partial charge < -0.3 is 5.32 Å². The van der Waals surface area contributed by atoms with Crippen molar-refractivity contribution in [2.75, 3.05) is 0 Å². The molecule has 0 spiro atoms. The van der Waals surface area contributed by atoms with Gasteiger partial charge in [0.1, 0.15) is 5.69 Å². The molecule has 0 radical (unpaired) electrons. The number of nitro groups is 1. The van der Waals surface area contributed by atoms with Crippen LogP contribution < -0.4 is 5.32 Å². The average Bonchev–Trinajstić information content (AvgIpc) is 2.81. The van der Waals surface area contributed by atoms with Crippen LogP contribution in [0.3, 0.4) is 0 Å². The van der Waals surface area contributed by atoms with Crippen LogP contribution in [0.15, 0.2) is 36.5 Å². The van der Waals surface area contributed by atoms with Crippen LogP contribution in [0.1, 0.15) is 15.9 Å². The number of fused-ring (bicyclic) bond motifs is 1. The molecule has 94 valence electrons. The minimum atomic E-state index is -0.466. The average molecular weight is 255 g/mol. The summed E-state index contributed by atoms with van der Waals surface area (Å²) in [5.41, 5.74) is 2.17. The molecule has 0 unspecified atom stereocenters. The Morgan fingerprint density at radius 2 is 2.00 bits per heavy atom. The third kappa shape index (κ3) is 1.74. The van der Waals surface area contributed by atoms with Crippen molar-refractivity contribution in [2.24, 2.45) is 0 Å². The first-order valence-electron chi connectivity index (χ1n) is 5.68.